The summed E-state index contributed by atoms with van der Waals surface area (Å²) in [7, 11) is 1.22. The molecule has 7 heteroatoms. The minimum Gasteiger partial charge on any atom is -0.464 e. The maximum atomic E-state index is 13.0. The second-order valence-electron chi connectivity index (χ2n) is 6.46. The number of fused-ring (bicyclic) bond motifs is 1. The topological polar surface area (TPSA) is 88.1 Å². The third-order valence-electron chi connectivity index (χ3n) is 4.63. The van der Waals surface area contributed by atoms with Crippen LogP contribution in [0.5, 0.6) is 0 Å². The van der Waals surface area contributed by atoms with Crippen LogP contribution in [0.3, 0.4) is 0 Å². The SMILES string of the molecule is COC(=O)C1=NN[C@@]2(C)C(=O)N(c3c(C)cc(C)cc3C)C(=O)[C@H]12. The van der Waals surface area contributed by atoms with E-state index in [0.29, 0.717) is 5.69 Å². The molecule has 0 radical (unpaired) electrons. The molecule has 3 rings (SSSR count). The number of anilines is 1. The van der Waals surface area contributed by atoms with E-state index >= 15 is 0 Å². The van der Waals surface area contributed by atoms with Crippen LogP contribution in [0.2, 0.25) is 0 Å². The van der Waals surface area contributed by atoms with Crippen LogP contribution >= 0.6 is 0 Å². The number of hydrogen-bond donors (Lipinski definition) is 1. The summed E-state index contributed by atoms with van der Waals surface area (Å²) in [6.07, 6.45) is 0. The van der Waals surface area contributed by atoms with Crippen LogP contribution in [0.15, 0.2) is 17.2 Å². The summed E-state index contributed by atoms with van der Waals surface area (Å²) in [5.41, 5.74) is 4.60. The summed E-state index contributed by atoms with van der Waals surface area (Å²) in [5.74, 6) is -2.59. The zero-order chi connectivity index (χ0) is 17.8. The summed E-state index contributed by atoms with van der Waals surface area (Å²) < 4.78 is 4.68. The Balaban J connectivity index is 2.12. The van der Waals surface area contributed by atoms with Gasteiger partial charge in [-0.05, 0) is 38.8 Å². The highest BCUT2D eigenvalue weighted by atomic mass is 16.5. The summed E-state index contributed by atoms with van der Waals surface area (Å²) in [5, 5.41) is 3.87. The van der Waals surface area contributed by atoms with Gasteiger partial charge < -0.3 is 4.74 Å². The van der Waals surface area contributed by atoms with Crippen LogP contribution < -0.4 is 10.3 Å². The van der Waals surface area contributed by atoms with Gasteiger partial charge in [0.15, 0.2) is 5.71 Å². The van der Waals surface area contributed by atoms with Crippen molar-refractivity contribution in [1.82, 2.24) is 5.43 Å². The molecule has 1 fully saturated rings. The lowest BCUT2D eigenvalue weighted by Crippen LogP contribution is -2.48. The largest absolute Gasteiger partial charge is 0.464 e. The maximum absolute atomic E-state index is 13.0. The van der Waals surface area contributed by atoms with Gasteiger partial charge in [-0.2, -0.15) is 5.10 Å². The van der Waals surface area contributed by atoms with Gasteiger partial charge in [0.2, 0.25) is 5.91 Å². The van der Waals surface area contributed by atoms with E-state index < -0.39 is 29.2 Å². The Bertz CT molecular complexity index is 791. The minimum absolute atomic E-state index is 0.0664. The highest BCUT2D eigenvalue weighted by Crippen LogP contribution is 2.40. The fraction of sp³-hybridized carbons (Fsp3) is 0.412. The second kappa shape index (κ2) is 5.15. The molecule has 1 N–H and O–H groups in total. The van der Waals surface area contributed by atoms with Gasteiger partial charge in [-0.3, -0.25) is 15.0 Å². The van der Waals surface area contributed by atoms with E-state index in [4.69, 9.17) is 0 Å². The van der Waals surface area contributed by atoms with E-state index in [0.717, 1.165) is 16.7 Å². The van der Waals surface area contributed by atoms with Crippen LogP contribution in [-0.4, -0.2) is 36.1 Å². The molecule has 0 unspecified atom stereocenters. The number of hydrogen-bond acceptors (Lipinski definition) is 6. The van der Waals surface area contributed by atoms with E-state index in [2.05, 4.69) is 15.3 Å². The Morgan fingerprint density at radius 2 is 1.83 bits per heavy atom. The first-order valence-electron chi connectivity index (χ1n) is 7.61. The molecule has 24 heavy (non-hydrogen) atoms. The number of imide groups is 1. The highest BCUT2D eigenvalue weighted by Gasteiger charge is 2.64. The van der Waals surface area contributed by atoms with Crippen LogP contribution in [0.25, 0.3) is 0 Å². The zero-order valence-corrected chi connectivity index (χ0v) is 14.3. The van der Waals surface area contributed by atoms with Crippen molar-refractivity contribution in [3.8, 4) is 0 Å². The standard InChI is InChI=1S/C17H19N3O4/c1-8-6-9(2)13(10(3)7-8)20-14(21)11-12(15(22)24-5)18-19-17(11,4)16(20)23/h6-7,11,19H,1-5H3/t11-,17+/m0/s1. The number of esters is 1. The zero-order valence-electron chi connectivity index (χ0n) is 14.3. The van der Waals surface area contributed by atoms with Gasteiger partial charge >= 0.3 is 5.97 Å². The van der Waals surface area contributed by atoms with Crippen molar-refractivity contribution in [3.05, 3.63) is 28.8 Å². The number of rotatable bonds is 2. The van der Waals surface area contributed by atoms with Crippen molar-refractivity contribution in [1.29, 1.82) is 0 Å². The molecule has 126 valence electrons. The van der Waals surface area contributed by atoms with E-state index in [1.807, 2.05) is 32.9 Å². The van der Waals surface area contributed by atoms with Gasteiger partial charge in [-0.15, -0.1) is 0 Å². The lowest BCUT2D eigenvalue weighted by molar-refractivity contribution is -0.133. The summed E-state index contributed by atoms with van der Waals surface area (Å²) in [4.78, 5) is 39.0. The van der Waals surface area contributed by atoms with Crippen molar-refractivity contribution >= 4 is 29.2 Å². The number of carbonyl (C=O) groups excluding carboxylic acids is 3. The normalized spacial score (nSPS) is 25.5. The highest BCUT2D eigenvalue weighted by molar-refractivity contribution is 6.47. The van der Waals surface area contributed by atoms with Crippen molar-refractivity contribution < 1.29 is 19.1 Å². The fourth-order valence-electron chi connectivity index (χ4n) is 3.58. The smallest absolute Gasteiger partial charge is 0.355 e. The maximum Gasteiger partial charge on any atom is 0.355 e. The lowest BCUT2D eigenvalue weighted by atomic mass is 9.86. The number of amides is 2. The molecule has 1 aromatic rings. The predicted molar refractivity (Wildman–Crippen MR) is 87.6 cm³/mol. The lowest BCUT2D eigenvalue weighted by Gasteiger charge is -2.23. The Labute approximate surface area is 139 Å². The molecule has 2 aliphatic rings. The molecular formula is C17H19N3O4. The Hall–Kier alpha value is -2.70. The Kier molecular flexibility index (Phi) is 3.47. The van der Waals surface area contributed by atoms with Gasteiger partial charge in [-0.25, -0.2) is 9.69 Å². The van der Waals surface area contributed by atoms with Crippen molar-refractivity contribution in [2.24, 2.45) is 11.0 Å². The molecule has 1 saturated heterocycles. The van der Waals surface area contributed by atoms with E-state index in [1.54, 1.807) is 6.92 Å². The minimum atomic E-state index is -1.27. The van der Waals surface area contributed by atoms with E-state index in [9.17, 15) is 14.4 Å². The van der Waals surface area contributed by atoms with Gasteiger partial charge in [0.1, 0.15) is 11.5 Å². The molecule has 7 nitrogen and oxygen atoms in total. The molecule has 0 saturated carbocycles. The Morgan fingerprint density at radius 3 is 2.38 bits per heavy atom. The number of nitrogens with zero attached hydrogens (tertiary/aromatic N) is 2. The number of nitrogens with one attached hydrogen (secondary N) is 1. The molecule has 0 aromatic heterocycles. The predicted octanol–water partition coefficient (Wildman–Crippen LogP) is 0.992. The number of methoxy groups -OCH3 is 1. The van der Waals surface area contributed by atoms with E-state index in [-0.39, 0.29) is 5.71 Å². The molecule has 1 aromatic carbocycles. The molecule has 0 spiro atoms. The third-order valence-corrected chi connectivity index (χ3v) is 4.63. The van der Waals surface area contributed by atoms with Crippen molar-refractivity contribution in [2.75, 3.05) is 12.0 Å². The summed E-state index contributed by atoms with van der Waals surface area (Å²) in [6.45, 7) is 7.25. The van der Waals surface area contributed by atoms with Gasteiger partial charge in [0, 0.05) is 0 Å². The van der Waals surface area contributed by atoms with Gasteiger partial charge in [0.05, 0.1) is 12.8 Å². The quantitative estimate of drug-likeness (QED) is 0.646. The second-order valence-corrected chi connectivity index (χ2v) is 6.46. The average Bonchev–Trinajstić information content (AvgIpc) is 2.95. The molecule has 0 bridgehead atoms. The first-order chi connectivity index (χ1) is 11.2. The number of ether oxygens (including phenoxy) is 1. The monoisotopic (exact) mass is 329 g/mol. The first kappa shape index (κ1) is 16.2. The van der Waals surface area contributed by atoms with Crippen LogP contribution in [0.4, 0.5) is 5.69 Å². The van der Waals surface area contributed by atoms with Crippen molar-refractivity contribution in [3.63, 3.8) is 0 Å². The first-order valence-corrected chi connectivity index (χ1v) is 7.61. The molecule has 2 amide bonds. The molecule has 0 aliphatic carbocycles. The summed E-state index contributed by atoms with van der Waals surface area (Å²) >= 11 is 0. The summed E-state index contributed by atoms with van der Waals surface area (Å²) in [6, 6.07) is 3.84. The number of aryl methyl sites for hydroxylation is 3. The van der Waals surface area contributed by atoms with Gasteiger partial charge in [-0.1, -0.05) is 17.7 Å². The fourth-order valence-corrected chi connectivity index (χ4v) is 3.58. The Morgan fingerprint density at radius 1 is 1.25 bits per heavy atom. The average molecular weight is 329 g/mol. The van der Waals surface area contributed by atoms with Crippen LogP contribution in [0.1, 0.15) is 23.6 Å². The number of hydrazone groups is 1. The van der Waals surface area contributed by atoms with Crippen LogP contribution in [-0.2, 0) is 19.1 Å². The van der Waals surface area contributed by atoms with Crippen molar-refractivity contribution in [2.45, 2.75) is 33.2 Å². The third kappa shape index (κ3) is 1.97. The number of carbonyl (C=O) groups is 3. The molecular weight excluding hydrogens is 310 g/mol. The van der Waals surface area contributed by atoms with E-state index in [1.165, 1.54) is 12.0 Å². The van der Waals surface area contributed by atoms with Gasteiger partial charge in [0.25, 0.3) is 5.91 Å². The van der Waals surface area contributed by atoms with Crippen LogP contribution in [0, 0.1) is 26.7 Å². The molecule has 2 atom stereocenters. The number of benzene rings is 1. The molecule has 2 aliphatic heterocycles. The molecule has 2 heterocycles.